The van der Waals surface area contributed by atoms with E-state index in [1.807, 2.05) is 0 Å². The van der Waals surface area contributed by atoms with Crippen LogP contribution in [-0.4, -0.2) is 62.3 Å². The summed E-state index contributed by atoms with van der Waals surface area (Å²) < 4.78 is 5.37. The predicted molar refractivity (Wildman–Crippen MR) is 120 cm³/mol. The Labute approximate surface area is 176 Å². The van der Waals surface area contributed by atoms with Gasteiger partial charge in [0.1, 0.15) is 0 Å². The molecule has 0 unspecified atom stereocenters. The summed E-state index contributed by atoms with van der Waals surface area (Å²) >= 11 is 0. The number of guanidine groups is 1. The molecule has 2 fully saturated rings. The number of rotatable bonds is 6. The number of hydrogen-bond donors (Lipinski definition) is 2. The molecule has 3 aliphatic rings. The topological polar surface area (TPSA) is 48.9 Å². The largest absolute Gasteiger partial charge is 0.377 e. The maximum Gasteiger partial charge on any atom is 0.191 e. The van der Waals surface area contributed by atoms with Crippen LogP contribution in [0.5, 0.6) is 0 Å². The molecule has 150 valence electrons. The first-order valence-electron chi connectivity index (χ1n) is 10.4. The summed E-state index contributed by atoms with van der Waals surface area (Å²) in [5.41, 5.74) is 1.50. The average Bonchev–Trinajstić information content (AvgIpc) is 3.18. The van der Waals surface area contributed by atoms with Crippen molar-refractivity contribution in [2.24, 2.45) is 4.99 Å². The van der Waals surface area contributed by atoms with Gasteiger partial charge in [-0.15, -0.1) is 24.0 Å². The van der Waals surface area contributed by atoms with E-state index in [1.54, 1.807) is 0 Å². The lowest BCUT2D eigenvalue weighted by atomic mass is 10.0. The monoisotopic (exact) mass is 476 g/mol. The van der Waals surface area contributed by atoms with Gasteiger partial charge in [-0.05, 0) is 45.4 Å². The SMILES string of the molecule is CCNC(=NCCC1=CCOCC1)NC1CCN(C2CCCC2)CC1.I. The van der Waals surface area contributed by atoms with Crippen molar-refractivity contribution in [3.8, 4) is 0 Å². The normalized spacial score (nSPS) is 23.4. The number of likely N-dealkylation sites (tertiary alicyclic amines) is 1. The quantitative estimate of drug-likeness (QED) is 0.267. The fourth-order valence-corrected chi connectivity index (χ4v) is 4.30. The molecule has 1 saturated carbocycles. The van der Waals surface area contributed by atoms with Gasteiger partial charge in [0.15, 0.2) is 5.96 Å². The van der Waals surface area contributed by atoms with Crippen LogP contribution in [0.3, 0.4) is 0 Å². The van der Waals surface area contributed by atoms with E-state index in [-0.39, 0.29) is 24.0 Å². The zero-order valence-corrected chi connectivity index (χ0v) is 18.7. The van der Waals surface area contributed by atoms with Crippen molar-refractivity contribution in [2.75, 3.05) is 39.4 Å². The number of piperidine rings is 1. The van der Waals surface area contributed by atoms with E-state index in [4.69, 9.17) is 9.73 Å². The molecule has 3 rings (SSSR count). The van der Waals surface area contributed by atoms with E-state index in [2.05, 4.69) is 28.5 Å². The van der Waals surface area contributed by atoms with Crippen molar-refractivity contribution in [3.05, 3.63) is 11.6 Å². The minimum absolute atomic E-state index is 0. The van der Waals surface area contributed by atoms with E-state index in [0.717, 1.165) is 51.1 Å². The summed E-state index contributed by atoms with van der Waals surface area (Å²) in [4.78, 5) is 7.53. The van der Waals surface area contributed by atoms with Gasteiger partial charge < -0.3 is 20.3 Å². The molecule has 6 heteroatoms. The maximum absolute atomic E-state index is 5.37. The van der Waals surface area contributed by atoms with E-state index in [0.29, 0.717) is 6.04 Å². The Kier molecular flexibility index (Phi) is 10.3. The molecular weight excluding hydrogens is 439 g/mol. The minimum atomic E-state index is 0. The van der Waals surface area contributed by atoms with Crippen LogP contribution in [0.25, 0.3) is 0 Å². The summed E-state index contributed by atoms with van der Waals surface area (Å²) in [6, 6.07) is 1.44. The summed E-state index contributed by atoms with van der Waals surface area (Å²) in [5, 5.41) is 7.09. The Morgan fingerprint density at radius 3 is 2.65 bits per heavy atom. The molecule has 0 spiro atoms. The zero-order chi connectivity index (χ0) is 17.3. The Morgan fingerprint density at radius 2 is 2.00 bits per heavy atom. The molecule has 0 aromatic heterocycles. The van der Waals surface area contributed by atoms with Crippen LogP contribution in [-0.2, 0) is 4.74 Å². The van der Waals surface area contributed by atoms with E-state index >= 15 is 0 Å². The third-order valence-corrected chi connectivity index (χ3v) is 5.82. The Balaban J connectivity index is 0.00000243. The third kappa shape index (κ3) is 7.00. The molecule has 5 nitrogen and oxygen atoms in total. The summed E-state index contributed by atoms with van der Waals surface area (Å²) in [6.45, 7) is 8.06. The highest BCUT2D eigenvalue weighted by Gasteiger charge is 2.27. The molecule has 0 amide bonds. The number of halogens is 1. The second-order valence-corrected chi connectivity index (χ2v) is 7.59. The second-order valence-electron chi connectivity index (χ2n) is 7.59. The third-order valence-electron chi connectivity index (χ3n) is 5.82. The molecule has 0 aromatic rings. The molecule has 1 saturated heterocycles. The van der Waals surface area contributed by atoms with Gasteiger partial charge >= 0.3 is 0 Å². The number of hydrogen-bond acceptors (Lipinski definition) is 3. The van der Waals surface area contributed by atoms with Crippen LogP contribution in [0, 0.1) is 0 Å². The highest BCUT2D eigenvalue weighted by molar-refractivity contribution is 14.0. The predicted octanol–water partition coefficient (Wildman–Crippen LogP) is 3.30. The molecule has 0 atom stereocenters. The Morgan fingerprint density at radius 1 is 1.23 bits per heavy atom. The van der Waals surface area contributed by atoms with Gasteiger partial charge in [-0.25, -0.2) is 0 Å². The first kappa shape index (κ1) is 22.0. The van der Waals surface area contributed by atoms with Crippen molar-refractivity contribution in [3.63, 3.8) is 0 Å². The van der Waals surface area contributed by atoms with Crippen molar-refractivity contribution in [1.82, 2.24) is 15.5 Å². The lowest BCUT2D eigenvalue weighted by Crippen LogP contribution is -2.50. The number of nitrogens with zero attached hydrogens (tertiary/aromatic N) is 2. The highest BCUT2D eigenvalue weighted by Crippen LogP contribution is 2.26. The van der Waals surface area contributed by atoms with Crippen molar-refractivity contribution >= 4 is 29.9 Å². The zero-order valence-electron chi connectivity index (χ0n) is 16.3. The van der Waals surface area contributed by atoms with Gasteiger partial charge in [0.05, 0.1) is 13.2 Å². The molecule has 0 aromatic carbocycles. The average molecular weight is 476 g/mol. The molecule has 26 heavy (non-hydrogen) atoms. The molecule has 2 heterocycles. The maximum atomic E-state index is 5.37. The fraction of sp³-hybridized carbons (Fsp3) is 0.850. The number of aliphatic imine (C=N–C) groups is 1. The summed E-state index contributed by atoms with van der Waals surface area (Å²) in [5.74, 6) is 0.995. The fourth-order valence-electron chi connectivity index (χ4n) is 4.30. The molecular formula is C20H37IN4O. The number of ether oxygens (including phenoxy) is 1. The number of nitrogens with one attached hydrogen (secondary N) is 2. The lowest BCUT2D eigenvalue weighted by molar-refractivity contribution is 0.150. The van der Waals surface area contributed by atoms with Crippen LogP contribution in [0.1, 0.15) is 58.3 Å². The van der Waals surface area contributed by atoms with E-state index in [1.165, 1.54) is 57.2 Å². The lowest BCUT2D eigenvalue weighted by Gasteiger charge is -2.36. The van der Waals surface area contributed by atoms with Gasteiger partial charge in [0, 0.05) is 38.3 Å². The standard InChI is InChI=1S/C20H36N4O.HI/c1-2-21-20(22-12-7-17-10-15-25-16-11-17)23-18-8-13-24(14-9-18)19-5-3-4-6-19;/h10,18-19H,2-9,11-16H2,1H3,(H2,21,22,23);1H. The minimum Gasteiger partial charge on any atom is -0.377 e. The van der Waals surface area contributed by atoms with Crippen LogP contribution >= 0.6 is 24.0 Å². The summed E-state index contributed by atoms with van der Waals surface area (Å²) in [7, 11) is 0. The molecule has 0 radical (unpaired) electrons. The van der Waals surface area contributed by atoms with Crippen LogP contribution in [0.2, 0.25) is 0 Å². The Hall–Kier alpha value is -0.340. The molecule has 2 N–H and O–H groups in total. The first-order chi connectivity index (χ1) is 12.3. The molecule has 1 aliphatic carbocycles. The van der Waals surface area contributed by atoms with Crippen LogP contribution < -0.4 is 10.6 Å². The van der Waals surface area contributed by atoms with Gasteiger partial charge in [-0.3, -0.25) is 4.99 Å². The van der Waals surface area contributed by atoms with Gasteiger partial charge in [0.2, 0.25) is 0 Å². The molecule has 2 aliphatic heterocycles. The summed E-state index contributed by atoms with van der Waals surface area (Å²) in [6.07, 6.45) is 12.5. The first-order valence-corrected chi connectivity index (χ1v) is 10.4. The molecule has 0 bridgehead atoms. The van der Waals surface area contributed by atoms with Crippen molar-refractivity contribution in [1.29, 1.82) is 0 Å². The van der Waals surface area contributed by atoms with Crippen molar-refractivity contribution in [2.45, 2.75) is 70.4 Å². The van der Waals surface area contributed by atoms with Crippen molar-refractivity contribution < 1.29 is 4.74 Å². The Bertz CT molecular complexity index is 455. The van der Waals surface area contributed by atoms with Crippen LogP contribution in [0.4, 0.5) is 0 Å². The van der Waals surface area contributed by atoms with Gasteiger partial charge in [0.25, 0.3) is 0 Å². The second kappa shape index (κ2) is 12.2. The smallest absolute Gasteiger partial charge is 0.191 e. The van der Waals surface area contributed by atoms with E-state index < -0.39 is 0 Å². The van der Waals surface area contributed by atoms with Crippen LogP contribution in [0.15, 0.2) is 16.6 Å². The van der Waals surface area contributed by atoms with Gasteiger partial charge in [-0.2, -0.15) is 0 Å². The van der Waals surface area contributed by atoms with E-state index in [9.17, 15) is 0 Å². The van der Waals surface area contributed by atoms with Gasteiger partial charge in [-0.1, -0.05) is 24.5 Å². The highest BCUT2D eigenvalue weighted by atomic mass is 127.